The second-order valence-electron chi connectivity index (χ2n) is 6.62. The van der Waals surface area contributed by atoms with Gasteiger partial charge in [-0.2, -0.15) is 0 Å². The van der Waals surface area contributed by atoms with E-state index in [2.05, 4.69) is 5.32 Å². The third kappa shape index (κ3) is 3.77. The van der Waals surface area contributed by atoms with E-state index in [0.29, 0.717) is 22.2 Å². The Kier molecular flexibility index (Phi) is 5.12. The molecular formula is C23H17Cl2NO2. The van der Waals surface area contributed by atoms with Gasteiger partial charge in [-0.3, -0.25) is 4.79 Å². The highest BCUT2D eigenvalue weighted by Crippen LogP contribution is 2.36. The number of fused-ring (bicyclic) bond motifs is 1. The first-order valence-corrected chi connectivity index (χ1v) is 9.58. The van der Waals surface area contributed by atoms with E-state index in [-0.39, 0.29) is 11.7 Å². The lowest BCUT2D eigenvalue weighted by atomic mass is 10.0. The largest absolute Gasteiger partial charge is 0.450 e. The lowest BCUT2D eigenvalue weighted by Gasteiger charge is -2.07. The van der Waals surface area contributed by atoms with Crippen molar-refractivity contribution in [1.82, 2.24) is 5.32 Å². The molecule has 140 valence electrons. The van der Waals surface area contributed by atoms with Crippen LogP contribution in [0.1, 0.15) is 21.7 Å². The summed E-state index contributed by atoms with van der Waals surface area (Å²) in [6, 6.07) is 20.6. The Bertz CT molecular complexity index is 1150. The van der Waals surface area contributed by atoms with E-state index in [9.17, 15) is 4.79 Å². The summed E-state index contributed by atoms with van der Waals surface area (Å²) in [7, 11) is 0. The number of rotatable bonds is 4. The number of amides is 1. The molecule has 0 bridgehead atoms. The van der Waals surface area contributed by atoms with Crippen LogP contribution in [0.2, 0.25) is 10.0 Å². The predicted molar refractivity (Wildman–Crippen MR) is 114 cm³/mol. The SMILES string of the molecule is Cc1ccc2oc(C(=O)NCc3ccc(Cl)cc3)c(-c3ccc(Cl)cc3)c2c1. The molecule has 0 fully saturated rings. The molecule has 4 aromatic rings. The molecule has 0 spiro atoms. The summed E-state index contributed by atoms with van der Waals surface area (Å²) < 4.78 is 5.94. The molecule has 1 aromatic heterocycles. The summed E-state index contributed by atoms with van der Waals surface area (Å²) in [5, 5.41) is 5.13. The van der Waals surface area contributed by atoms with Crippen molar-refractivity contribution in [3.8, 4) is 11.1 Å². The topological polar surface area (TPSA) is 42.2 Å². The van der Waals surface area contributed by atoms with E-state index >= 15 is 0 Å². The van der Waals surface area contributed by atoms with Crippen LogP contribution >= 0.6 is 23.2 Å². The van der Waals surface area contributed by atoms with Gasteiger partial charge in [0.15, 0.2) is 0 Å². The molecule has 4 rings (SSSR count). The summed E-state index contributed by atoms with van der Waals surface area (Å²) in [6.45, 7) is 2.39. The van der Waals surface area contributed by atoms with Gasteiger partial charge in [-0.25, -0.2) is 0 Å². The maximum absolute atomic E-state index is 12.9. The fraction of sp³-hybridized carbons (Fsp3) is 0.0870. The van der Waals surface area contributed by atoms with Gasteiger partial charge in [-0.15, -0.1) is 0 Å². The second-order valence-corrected chi connectivity index (χ2v) is 7.49. The molecule has 1 N–H and O–H groups in total. The second kappa shape index (κ2) is 7.70. The van der Waals surface area contributed by atoms with E-state index in [1.165, 1.54) is 0 Å². The Morgan fingerprint density at radius 3 is 2.25 bits per heavy atom. The number of aryl methyl sites for hydroxylation is 1. The summed E-state index contributed by atoms with van der Waals surface area (Å²) in [5.41, 5.74) is 4.37. The Balaban J connectivity index is 1.72. The molecule has 0 saturated carbocycles. The molecule has 28 heavy (non-hydrogen) atoms. The van der Waals surface area contributed by atoms with E-state index in [1.54, 1.807) is 24.3 Å². The Morgan fingerprint density at radius 1 is 0.929 bits per heavy atom. The van der Waals surface area contributed by atoms with Crippen LogP contribution in [0.15, 0.2) is 71.1 Å². The van der Waals surface area contributed by atoms with Gasteiger partial charge in [0.2, 0.25) is 5.76 Å². The zero-order chi connectivity index (χ0) is 19.7. The van der Waals surface area contributed by atoms with E-state index in [4.69, 9.17) is 27.6 Å². The Hall–Kier alpha value is -2.75. The molecular weight excluding hydrogens is 393 g/mol. The normalized spacial score (nSPS) is 11.0. The van der Waals surface area contributed by atoms with Gasteiger partial charge in [0.05, 0.1) is 0 Å². The molecule has 0 atom stereocenters. The number of hydrogen-bond acceptors (Lipinski definition) is 2. The molecule has 5 heteroatoms. The lowest BCUT2D eigenvalue weighted by Crippen LogP contribution is -2.22. The molecule has 1 amide bonds. The number of hydrogen-bond donors (Lipinski definition) is 1. The molecule has 0 aliphatic carbocycles. The number of nitrogens with one attached hydrogen (secondary N) is 1. The molecule has 0 saturated heterocycles. The minimum atomic E-state index is -0.270. The fourth-order valence-corrected chi connectivity index (χ4v) is 3.39. The van der Waals surface area contributed by atoms with Crippen molar-refractivity contribution in [3.05, 3.63) is 93.7 Å². The van der Waals surface area contributed by atoms with Crippen LogP contribution < -0.4 is 5.32 Å². The summed E-state index contributed by atoms with van der Waals surface area (Å²) in [5.74, 6) is 0.0191. The molecule has 0 aliphatic rings. The fourth-order valence-electron chi connectivity index (χ4n) is 3.14. The summed E-state index contributed by atoms with van der Waals surface area (Å²) in [4.78, 5) is 12.9. The van der Waals surface area contributed by atoms with Crippen LogP contribution in [0.25, 0.3) is 22.1 Å². The average Bonchev–Trinajstić information content (AvgIpc) is 3.06. The zero-order valence-electron chi connectivity index (χ0n) is 15.1. The van der Waals surface area contributed by atoms with Crippen molar-refractivity contribution < 1.29 is 9.21 Å². The van der Waals surface area contributed by atoms with Crippen LogP contribution in [0.3, 0.4) is 0 Å². The number of carbonyl (C=O) groups is 1. The van der Waals surface area contributed by atoms with Crippen molar-refractivity contribution in [2.45, 2.75) is 13.5 Å². The van der Waals surface area contributed by atoms with Gasteiger partial charge in [0, 0.05) is 27.5 Å². The van der Waals surface area contributed by atoms with Crippen LogP contribution in [0.4, 0.5) is 0 Å². The highest BCUT2D eigenvalue weighted by molar-refractivity contribution is 6.31. The number of carbonyl (C=O) groups excluding carboxylic acids is 1. The minimum absolute atomic E-state index is 0.270. The third-order valence-corrected chi connectivity index (χ3v) is 5.05. The number of benzene rings is 3. The Morgan fingerprint density at radius 2 is 1.57 bits per heavy atom. The highest BCUT2D eigenvalue weighted by atomic mass is 35.5. The van der Waals surface area contributed by atoms with Gasteiger partial charge in [-0.1, -0.05) is 59.1 Å². The summed E-state index contributed by atoms with van der Waals surface area (Å²) >= 11 is 12.0. The summed E-state index contributed by atoms with van der Waals surface area (Å²) in [6.07, 6.45) is 0. The maximum atomic E-state index is 12.9. The molecule has 3 aromatic carbocycles. The van der Waals surface area contributed by atoms with E-state index in [1.807, 2.05) is 49.4 Å². The van der Waals surface area contributed by atoms with E-state index < -0.39 is 0 Å². The molecule has 0 unspecified atom stereocenters. The van der Waals surface area contributed by atoms with Gasteiger partial charge >= 0.3 is 0 Å². The minimum Gasteiger partial charge on any atom is -0.450 e. The van der Waals surface area contributed by atoms with Crippen molar-refractivity contribution in [1.29, 1.82) is 0 Å². The highest BCUT2D eigenvalue weighted by Gasteiger charge is 2.22. The van der Waals surface area contributed by atoms with Gasteiger partial charge in [0.25, 0.3) is 5.91 Å². The van der Waals surface area contributed by atoms with Crippen LogP contribution in [-0.4, -0.2) is 5.91 Å². The first-order chi connectivity index (χ1) is 13.5. The predicted octanol–water partition coefficient (Wildman–Crippen LogP) is 6.65. The third-order valence-electron chi connectivity index (χ3n) is 4.55. The molecule has 0 aliphatic heterocycles. The van der Waals surface area contributed by atoms with Gasteiger partial charge in [-0.05, 0) is 54.4 Å². The monoisotopic (exact) mass is 409 g/mol. The van der Waals surface area contributed by atoms with Crippen molar-refractivity contribution in [3.63, 3.8) is 0 Å². The van der Waals surface area contributed by atoms with Crippen LogP contribution in [0.5, 0.6) is 0 Å². The van der Waals surface area contributed by atoms with E-state index in [0.717, 1.165) is 27.6 Å². The lowest BCUT2D eigenvalue weighted by molar-refractivity contribution is 0.0926. The molecule has 0 radical (unpaired) electrons. The van der Waals surface area contributed by atoms with Crippen molar-refractivity contribution >= 4 is 40.1 Å². The first kappa shape index (κ1) is 18.6. The number of halogens is 2. The Labute approximate surface area is 172 Å². The first-order valence-electron chi connectivity index (χ1n) is 8.83. The molecule has 1 heterocycles. The molecule has 3 nitrogen and oxygen atoms in total. The smallest absolute Gasteiger partial charge is 0.287 e. The maximum Gasteiger partial charge on any atom is 0.287 e. The average molecular weight is 410 g/mol. The van der Waals surface area contributed by atoms with Crippen molar-refractivity contribution in [2.24, 2.45) is 0 Å². The van der Waals surface area contributed by atoms with Crippen molar-refractivity contribution in [2.75, 3.05) is 0 Å². The zero-order valence-corrected chi connectivity index (χ0v) is 16.6. The number of furan rings is 1. The quantitative estimate of drug-likeness (QED) is 0.410. The van der Waals surface area contributed by atoms with Gasteiger partial charge in [0.1, 0.15) is 5.58 Å². The van der Waals surface area contributed by atoms with Crippen LogP contribution in [0, 0.1) is 6.92 Å². The van der Waals surface area contributed by atoms with Crippen LogP contribution in [-0.2, 0) is 6.54 Å². The van der Waals surface area contributed by atoms with Gasteiger partial charge < -0.3 is 9.73 Å². The standard InChI is InChI=1S/C23H17Cl2NO2/c1-14-2-11-20-19(12-14)21(16-5-9-18(25)10-6-16)22(28-20)23(27)26-13-15-3-7-17(24)8-4-15/h2-12H,13H2,1H3,(H,26,27).